The quantitative estimate of drug-likeness (QED) is 0.638. The largest absolute Gasteiger partial charge is 0.508 e. The van der Waals surface area contributed by atoms with Crippen LogP contribution in [0.5, 0.6) is 0 Å². The first-order valence-electron chi connectivity index (χ1n) is 3.06. The van der Waals surface area contributed by atoms with Crippen molar-refractivity contribution >= 4 is 11.6 Å². The van der Waals surface area contributed by atoms with Gasteiger partial charge >= 0.3 is 0 Å². The van der Waals surface area contributed by atoms with Crippen LogP contribution < -0.4 is 0 Å². The van der Waals surface area contributed by atoms with Crippen LogP contribution in [0.1, 0.15) is 12.8 Å². The molecule has 0 fully saturated rings. The summed E-state index contributed by atoms with van der Waals surface area (Å²) in [5.74, 6) is 0.767. The predicted octanol–water partition coefficient (Wildman–Crippen LogP) is 2.32. The van der Waals surface area contributed by atoms with Gasteiger partial charge < -0.3 is 9.84 Å². The first-order chi connectivity index (χ1) is 4.74. The molecule has 0 aromatic rings. The van der Waals surface area contributed by atoms with Crippen molar-refractivity contribution in [3.05, 3.63) is 22.6 Å². The number of aliphatic hydroxyl groups excluding tert-OH is 1. The normalized spacial score (nSPS) is 18.8. The maximum absolute atomic E-state index is 9.14. The lowest BCUT2D eigenvalue weighted by Crippen LogP contribution is -1.97. The molecule has 0 spiro atoms. The van der Waals surface area contributed by atoms with E-state index >= 15 is 0 Å². The number of hydrogen-bond donors (Lipinski definition) is 1. The first-order valence-corrected chi connectivity index (χ1v) is 3.44. The van der Waals surface area contributed by atoms with E-state index in [9.17, 15) is 0 Å². The standard InChI is InChI=1S/C7H9ClO2/c1-10-7-4-5(8)2-3-6(7)9/h4,9H,2-3H2,1H3. The zero-order valence-corrected chi connectivity index (χ0v) is 6.48. The van der Waals surface area contributed by atoms with Crippen molar-refractivity contribution in [2.75, 3.05) is 7.11 Å². The van der Waals surface area contributed by atoms with E-state index in [1.165, 1.54) is 7.11 Å². The van der Waals surface area contributed by atoms with Gasteiger partial charge in [-0.2, -0.15) is 0 Å². The second kappa shape index (κ2) is 2.97. The van der Waals surface area contributed by atoms with Gasteiger partial charge in [0.15, 0.2) is 5.76 Å². The Kier molecular flexibility index (Phi) is 2.22. The van der Waals surface area contributed by atoms with Gasteiger partial charge in [-0.1, -0.05) is 11.6 Å². The van der Waals surface area contributed by atoms with E-state index in [1.807, 2.05) is 0 Å². The van der Waals surface area contributed by atoms with Crippen molar-refractivity contribution in [1.29, 1.82) is 0 Å². The fourth-order valence-corrected chi connectivity index (χ4v) is 1.03. The lowest BCUT2D eigenvalue weighted by molar-refractivity contribution is 0.258. The van der Waals surface area contributed by atoms with Crippen LogP contribution in [0.2, 0.25) is 0 Å². The summed E-state index contributed by atoms with van der Waals surface area (Å²) in [6.07, 6.45) is 2.93. The maximum Gasteiger partial charge on any atom is 0.157 e. The summed E-state index contributed by atoms with van der Waals surface area (Å²) in [5.41, 5.74) is 0. The lowest BCUT2D eigenvalue weighted by atomic mass is 10.1. The highest BCUT2D eigenvalue weighted by Crippen LogP contribution is 2.24. The van der Waals surface area contributed by atoms with Gasteiger partial charge in [-0.3, -0.25) is 0 Å². The molecule has 0 aromatic heterocycles. The van der Waals surface area contributed by atoms with Crippen molar-refractivity contribution in [1.82, 2.24) is 0 Å². The molecule has 0 unspecified atom stereocenters. The molecular formula is C7H9ClO2. The van der Waals surface area contributed by atoms with Gasteiger partial charge in [0.25, 0.3) is 0 Å². The van der Waals surface area contributed by atoms with E-state index < -0.39 is 0 Å². The molecular weight excluding hydrogens is 152 g/mol. The summed E-state index contributed by atoms with van der Waals surface area (Å²) in [5, 5.41) is 9.87. The van der Waals surface area contributed by atoms with Crippen LogP contribution in [-0.4, -0.2) is 12.2 Å². The van der Waals surface area contributed by atoms with Gasteiger partial charge in [-0.05, 0) is 12.5 Å². The summed E-state index contributed by atoms with van der Waals surface area (Å²) < 4.78 is 4.84. The summed E-state index contributed by atoms with van der Waals surface area (Å²) in [6.45, 7) is 0. The van der Waals surface area contributed by atoms with E-state index in [-0.39, 0.29) is 5.76 Å². The van der Waals surface area contributed by atoms with Crippen LogP contribution >= 0.6 is 11.6 Å². The SMILES string of the molecule is COC1=C(O)CCC(Cl)=C1. The Labute approximate surface area is 64.8 Å². The number of ether oxygens (including phenoxy) is 1. The Bertz CT molecular complexity index is 194. The molecule has 0 atom stereocenters. The second-order valence-corrected chi connectivity index (χ2v) is 2.59. The fourth-order valence-electron chi connectivity index (χ4n) is 0.835. The highest BCUT2D eigenvalue weighted by Gasteiger charge is 2.10. The number of hydrogen-bond acceptors (Lipinski definition) is 2. The average molecular weight is 161 g/mol. The number of rotatable bonds is 1. The molecule has 0 saturated heterocycles. The van der Waals surface area contributed by atoms with Crippen molar-refractivity contribution in [3.63, 3.8) is 0 Å². The zero-order chi connectivity index (χ0) is 7.56. The van der Waals surface area contributed by atoms with Gasteiger partial charge in [0, 0.05) is 11.5 Å². The van der Waals surface area contributed by atoms with Gasteiger partial charge in [0.2, 0.25) is 0 Å². The zero-order valence-electron chi connectivity index (χ0n) is 5.72. The van der Waals surface area contributed by atoms with Crippen LogP contribution in [0.3, 0.4) is 0 Å². The molecule has 0 radical (unpaired) electrons. The molecule has 1 rings (SSSR count). The summed E-state index contributed by atoms with van der Waals surface area (Å²) >= 11 is 5.69. The molecule has 10 heavy (non-hydrogen) atoms. The number of allylic oxidation sites excluding steroid dienone is 3. The Morgan fingerprint density at radius 2 is 2.30 bits per heavy atom. The molecule has 1 aliphatic rings. The van der Waals surface area contributed by atoms with Crippen LogP contribution in [0.4, 0.5) is 0 Å². The third-order valence-corrected chi connectivity index (χ3v) is 1.69. The Balaban J connectivity index is 2.82. The molecule has 0 aromatic carbocycles. The fraction of sp³-hybridized carbons (Fsp3) is 0.429. The minimum absolute atomic E-state index is 0.284. The average Bonchev–Trinajstić information content (AvgIpc) is 1.94. The minimum Gasteiger partial charge on any atom is -0.508 e. The predicted molar refractivity (Wildman–Crippen MR) is 39.8 cm³/mol. The molecule has 0 saturated carbocycles. The summed E-state index contributed by atoms with van der Waals surface area (Å²) in [7, 11) is 1.51. The molecule has 0 aliphatic heterocycles. The maximum atomic E-state index is 9.14. The molecule has 1 aliphatic carbocycles. The van der Waals surface area contributed by atoms with Crippen LogP contribution in [0, 0.1) is 0 Å². The molecule has 0 bridgehead atoms. The Hall–Kier alpha value is -0.630. The molecule has 0 amide bonds. The number of aliphatic hydroxyl groups is 1. The van der Waals surface area contributed by atoms with Crippen LogP contribution in [0.25, 0.3) is 0 Å². The lowest BCUT2D eigenvalue weighted by Gasteiger charge is -2.10. The molecule has 3 heteroatoms. The van der Waals surface area contributed by atoms with E-state index in [0.29, 0.717) is 18.6 Å². The van der Waals surface area contributed by atoms with Crippen LogP contribution in [0.15, 0.2) is 22.6 Å². The molecule has 0 heterocycles. The van der Waals surface area contributed by atoms with Crippen molar-refractivity contribution < 1.29 is 9.84 Å². The smallest absolute Gasteiger partial charge is 0.157 e. The topological polar surface area (TPSA) is 29.5 Å². The van der Waals surface area contributed by atoms with E-state index in [4.69, 9.17) is 21.4 Å². The molecule has 2 nitrogen and oxygen atoms in total. The van der Waals surface area contributed by atoms with Gasteiger partial charge in [0.1, 0.15) is 5.76 Å². The van der Waals surface area contributed by atoms with E-state index in [1.54, 1.807) is 6.08 Å². The van der Waals surface area contributed by atoms with Gasteiger partial charge in [-0.15, -0.1) is 0 Å². The highest BCUT2D eigenvalue weighted by molar-refractivity contribution is 6.29. The second-order valence-electron chi connectivity index (χ2n) is 2.11. The summed E-state index contributed by atoms with van der Waals surface area (Å²) in [4.78, 5) is 0. The summed E-state index contributed by atoms with van der Waals surface area (Å²) in [6, 6.07) is 0. The monoisotopic (exact) mass is 160 g/mol. The van der Waals surface area contributed by atoms with Crippen molar-refractivity contribution in [2.45, 2.75) is 12.8 Å². The third kappa shape index (κ3) is 1.45. The minimum atomic E-state index is 0.284. The first kappa shape index (κ1) is 7.48. The third-order valence-electron chi connectivity index (χ3n) is 1.39. The van der Waals surface area contributed by atoms with Gasteiger partial charge in [-0.25, -0.2) is 0 Å². The molecule has 56 valence electrons. The molecule has 1 N–H and O–H groups in total. The number of halogens is 1. The Morgan fingerprint density at radius 3 is 2.80 bits per heavy atom. The van der Waals surface area contributed by atoms with Gasteiger partial charge in [0.05, 0.1) is 7.11 Å². The van der Waals surface area contributed by atoms with Crippen molar-refractivity contribution in [3.8, 4) is 0 Å². The van der Waals surface area contributed by atoms with E-state index in [2.05, 4.69) is 0 Å². The number of methoxy groups -OCH3 is 1. The van der Waals surface area contributed by atoms with Crippen LogP contribution in [-0.2, 0) is 4.74 Å². The Morgan fingerprint density at radius 1 is 1.60 bits per heavy atom. The van der Waals surface area contributed by atoms with Crippen molar-refractivity contribution in [2.24, 2.45) is 0 Å². The highest BCUT2D eigenvalue weighted by atomic mass is 35.5. The van der Waals surface area contributed by atoms with E-state index in [0.717, 1.165) is 5.03 Å².